The highest BCUT2D eigenvalue weighted by atomic mass is 16.3. The first-order valence-electron chi connectivity index (χ1n) is 6.57. The van der Waals surface area contributed by atoms with E-state index in [4.69, 9.17) is 4.42 Å². The first-order valence-corrected chi connectivity index (χ1v) is 6.57. The summed E-state index contributed by atoms with van der Waals surface area (Å²) in [6.07, 6.45) is 1.48. The molecule has 2 aromatic carbocycles. The molecule has 0 radical (unpaired) electrons. The highest BCUT2D eigenvalue weighted by molar-refractivity contribution is 5.73. The van der Waals surface area contributed by atoms with Gasteiger partial charge in [0.15, 0.2) is 12.0 Å². The molecule has 1 aromatic heterocycles. The average molecular weight is 267 g/mol. The van der Waals surface area contributed by atoms with Crippen LogP contribution < -0.4 is 10.2 Å². The number of nitrogens with zero attached hydrogens (tertiary/aromatic N) is 2. The van der Waals surface area contributed by atoms with Crippen LogP contribution in [0.4, 0.5) is 11.4 Å². The second-order valence-corrected chi connectivity index (χ2v) is 4.81. The molecule has 0 unspecified atom stereocenters. The van der Waals surface area contributed by atoms with Crippen molar-refractivity contribution in [3.05, 3.63) is 54.4 Å². The molecule has 0 atom stereocenters. The van der Waals surface area contributed by atoms with Crippen LogP contribution in [0, 0.1) is 0 Å². The molecule has 0 aliphatic heterocycles. The molecule has 102 valence electrons. The van der Waals surface area contributed by atoms with Crippen LogP contribution in [-0.4, -0.2) is 19.1 Å². The van der Waals surface area contributed by atoms with E-state index in [1.165, 1.54) is 17.6 Å². The number of anilines is 2. The predicted molar refractivity (Wildman–Crippen MR) is 82.1 cm³/mol. The molecule has 0 amide bonds. The van der Waals surface area contributed by atoms with Gasteiger partial charge in [-0.1, -0.05) is 12.1 Å². The van der Waals surface area contributed by atoms with Crippen molar-refractivity contribution >= 4 is 22.5 Å². The zero-order chi connectivity index (χ0) is 13.9. The Morgan fingerprint density at radius 3 is 2.95 bits per heavy atom. The van der Waals surface area contributed by atoms with Crippen molar-refractivity contribution < 1.29 is 4.42 Å². The summed E-state index contributed by atoms with van der Waals surface area (Å²) in [5, 5.41) is 3.16. The topological polar surface area (TPSA) is 41.3 Å². The van der Waals surface area contributed by atoms with E-state index in [9.17, 15) is 0 Å². The van der Waals surface area contributed by atoms with E-state index in [1.54, 1.807) is 0 Å². The summed E-state index contributed by atoms with van der Waals surface area (Å²) >= 11 is 0. The van der Waals surface area contributed by atoms with Crippen molar-refractivity contribution in [1.29, 1.82) is 0 Å². The Bertz CT molecular complexity index is 720. The Labute approximate surface area is 118 Å². The monoisotopic (exact) mass is 267 g/mol. The largest absolute Gasteiger partial charge is 0.443 e. The lowest BCUT2D eigenvalue weighted by Crippen LogP contribution is -2.16. The normalized spacial score (nSPS) is 10.7. The smallest absolute Gasteiger partial charge is 0.181 e. The summed E-state index contributed by atoms with van der Waals surface area (Å²) in [7, 11) is 4.01. The summed E-state index contributed by atoms with van der Waals surface area (Å²) in [6.45, 7) is 0.823. The van der Waals surface area contributed by atoms with Crippen molar-refractivity contribution in [2.75, 3.05) is 24.3 Å². The summed E-state index contributed by atoms with van der Waals surface area (Å²) in [5.74, 6) is 0. The fraction of sp³-hybridized carbons (Fsp3) is 0.188. The van der Waals surface area contributed by atoms with Gasteiger partial charge >= 0.3 is 0 Å². The van der Waals surface area contributed by atoms with Crippen LogP contribution in [0.3, 0.4) is 0 Å². The molecule has 20 heavy (non-hydrogen) atoms. The van der Waals surface area contributed by atoms with Crippen LogP contribution in [0.25, 0.3) is 11.1 Å². The summed E-state index contributed by atoms with van der Waals surface area (Å²) in [4.78, 5) is 6.34. The molecule has 3 rings (SSSR count). The average Bonchev–Trinajstić information content (AvgIpc) is 2.95. The Hall–Kier alpha value is -2.49. The van der Waals surface area contributed by atoms with Crippen molar-refractivity contribution in [2.45, 2.75) is 6.54 Å². The number of rotatable bonds is 4. The lowest BCUT2D eigenvalue weighted by Gasteiger charge is -2.20. The molecule has 0 fully saturated rings. The lowest BCUT2D eigenvalue weighted by atomic mass is 10.2. The van der Waals surface area contributed by atoms with Crippen LogP contribution >= 0.6 is 0 Å². The van der Waals surface area contributed by atoms with Crippen molar-refractivity contribution in [3.8, 4) is 0 Å². The number of aromatic nitrogens is 1. The SMILES string of the molecule is CNc1cccc(N(C)Cc2ccc3ncoc3c2)c1. The summed E-state index contributed by atoms with van der Waals surface area (Å²) < 4.78 is 5.34. The van der Waals surface area contributed by atoms with Gasteiger partial charge in [0.1, 0.15) is 5.52 Å². The number of hydrogen-bond donors (Lipinski definition) is 1. The van der Waals surface area contributed by atoms with Gasteiger partial charge in [-0.3, -0.25) is 0 Å². The first kappa shape index (κ1) is 12.5. The quantitative estimate of drug-likeness (QED) is 0.785. The second kappa shape index (κ2) is 5.25. The van der Waals surface area contributed by atoms with Crippen LogP contribution in [0.5, 0.6) is 0 Å². The van der Waals surface area contributed by atoms with E-state index < -0.39 is 0 Å². The third-order valence-electron chi connectivity index (χ3n) is 3.39. The maximum atomic E-state index is 5.34. The van der Waals surface area contributed by atoms with E-state index in [1.807, 2.05) is 19.2 Å². The van der Waals surface area contributed by atoms with Crippen molar-refractivity contribution in [1.82, 2.24) is 4.98 Å². The standard InChI is InChI=1S/C16H17N3O/c1-17-13-4-3-5-14(9-13)19(2)10-12-6-7-15-16(8-12)20-11-18-15/h3-9,11,17H,10H2,1-2H3. The molecule has 3 aromatic rings. The predicted octanol–water partition coefficient (Wildman–Crippen LogP) is 3.51. The summed E-state index contributed by atoms with van der Waals surface area (Å²) in [6, 6.07) is 14.5. The minimum Gasteiger partial charge on any atom is -0.443 e. The van der Waals surface area contributed by atoms with Crippen LogP contribution in [0.15, 0.2) is 53.3 Å². The number of nitrogens with one attached hydrogen (secondary N) is 1. The molecule has 4 nitrogen and oxygen atoms in total. The Morgan fingerprint density at radius 1 is 1.20 bits per heavy atom. The number of hydrogen-bond acceptors (Lipinski definition) is 4. The number of fused-ring (bicyclic) bond motifs is 1. The molecule has 1 N–H and O–H groups in total. The lowest BCUT2D eigenvalue weighted by molar-refractivity contribution is 0.601. The minimum atomic E-state index is 0.823. The summed E-state index contributed by atoms with van der Waals surface area (Å²) in [5.41, 5.74) is 5.22. The van der Waals surface area contributed by atoms with Crippen LogP contribution in [0.1, 0.15) is 5.56 Å². The van der Waals surface area contributed by atoms with Gasteiger partial charge in [0.25, 0.3) is 0 Å². The second-order valence-electron chi connectivity index (χ2n) is 4.81. The van der Waals surface area contributed by atoms with Crippen LogP contribution in [0.2, 0.25) is 0 Å². The molecule has 0 saturated carbocycles. The third kappa shape index (κ3) is 2.45. The molecule has 1 heterocycles. The molecule has 0 aliphatic carbocycles. The fourth-order valence-electron chi connectivity index (χ4n) is 2.26. The van der Waals surface area contributed by atoms with E-state index in [2.05, 4.69) is 52.6 Å². The zero-order valence-electron chi connectivity index (χ0n) is 11.6. The van der Waals surface area contributed by atoms with E-state index in [0.717, 1.165) is 23.3 Å². The maximum absolute atomic E-state index is 5.34. The van der Waals surface area contributed by atoms with Crippen LogP contribution in [-0.2, 0) is 6.54 Å². The zero-order valence-corrected chi connectivity index (χ0v) is 11.6. The van der Waals surface area contributed by atoms with Gasteiger partial charge < -0.3 is 14.6 Å². The molecular weight excluding hydrogens is 250 g/mol. The Balaban J connectivity index is 1.81. The van der Waals surface area contributed by atoms with Gasteiger partial charge in [-0.05, 0) is 35.9 Å². The molecule has 0 spiro atoms. The Kier molecular flexibility index (Phi) is 3.29. The van der Waals surface area contributed by atoms with E-state index in [0.29, 0.717) is 0 Å². The van der Waals surface area contributed by atoms with E-state index in [-0.39, 0.29) is 0 Å². The van der Waals surface area contributed by atoms with Crippen molar-refractivity contribution in [2.24, 2.45) is 0 Å². The van der Waals surface area contributed by atoms with Gasteiger partial charge in [0, 0.05) is 32.0 Å². The van der Waals surface area contributed by atoms with Gasteiger partial charge in [-0.15, -0.1) is 0 Å². The highest BCUT2D eigenvalue weighted by Crippen LogP contribution is 2.21. The molecular formula is C16H17N3O. The van der Waals surface area contributed by atoms with Gasteiger partial charge in [0.2, 0.25) is 0 Å². The molecule has 0 aliphatic rings. The van der Waals surface area contributed by atoms with Gasteiger partial charge in [-0.2, -0.15) is 0 Å². The first-order chi connectivity index (χ1) is 9.76. The molecule has 0 bridgehead atoms. The number of benzene rings is 2. The highest BCUT2D eigenvalue weighted by Gasteiger charge is 2.05. The van der Waals surface area contributed by atoms with Gasteiger partial charge in [-0.25, -0.2) is 4.98 Å². The van der Waals surface area contributed by atoms with E-state index >= 15 is 0 Å². The van der Waals surface area contributed by atoms with Gasteiger partial charge in [0.05, 0.1) is 0 Å². The van der Waals surface area contributed by atoms with Crippen molar-refractivity contribution in [3.63, 3.8) is 0 Å². The third-order valence-corrected chi connectivity index (χ3v) is 3.39. The maximum Gasteiger partial charge on any atom is 0.181 e. The fourth-order valence-corrected chi connectivity index (χ4v) is 2.26. The molecule has 4 heteroatoms. The number of oxazole rings is 1. The minimum absolute atomic E-state index is 0.823. The molecule has 0 saturated heterocycles. The Morgan fingerprint density at radius 2 is 2.10 bits per heavy atom.